The van der Waals surface area contributed by atoms with E-state index in [0.29, 0.717) is 31.9 Å². The van der Waals surface area contributed by atoms with Crippen molar-refractivity contribution in [3.8, 4) is 11.1 Å². The van der Waals surface area contributed by atoms with Gasteiger partial charge in [0.2, 0.25) is 0 Å². The number of ether oxygens (including phenoxy) is 2. The summed E-state index contributed by atoms with van der Waals surface area (Å²) in [4.78, 5) is 21.8. The molecule has 3 heterocycles. The normalized spacial score (nSPS) is 17.3. The van der Waals surface area contributed by atoms with Gasteiger partial charge in [0.25, 0.3) is 5.91 Å². The molecule has 1 amide bonds. The minimum Gasteiger partial charge on any atom is -0.378 e. The standard InChI is InChI=1S/C24H25N3O3/c28-24(27-11-15-30-16-12-27)21-7-8-25-23-6-3-19(17-22(21)23)18-1-4-20(5-2-18)26-9-13-29-14-10-26/h1-8,17H,9-16H2. The Kier molecular flexibility index (Phi) is 5.34. The first-order chi connectivity index (χ1) is 14.8. The fourth-order valence-corrected chi connectivity index (χ4v) is 4.14. The zero-order chi connectivity index (χ0) is 20.3. The second kappa shape index (κ2) is 8.42. The van der Waals surface area contributed by atoms with E-state index in [2.05, 4.69) is 46.3 Å². The molecule has 5 rings (SSSR count). The van der Waals surface area contributed by atoms with Crippen molar-refractivity contribution in [1.29, 1.82) is 0 Å². The second-order valence-corrected chi connectivity index (χ2v) is 7.64. The van der Waals surface area contributed by atoms with E-state index in [4.69, 9.17) is 9.47 Å². The van der Waals surface area contributed by atoms with Gasteiger partial charge in [-0.05, 0) is 41.5 Å². The zero-order valence-electron chi connectivity index (χ0n) is 16.9. The Morgan fingerprint density at radius 3 is 2.20 bits per heavy atom. The van der Waals surface area contributed by atoms with Gasteiger partial charge in [-0.2, -0.15) is 0 Å². The molecule has 0 N–H and O–H groups in total. The molecule has 30 heavy (non-hydrogen) atoms. The van der Waals surface area contributed by atoms with E-state index in [1.807, 2.05) is 17.0 Å². The SMILES string of the molecule is O=C(c1ccnc2ccc(-c3ccc(N4CCOCC4)cc3)cc12)N1CCOCC1. The average molecular weight is 403 g/mol. The zero-order valence-corrected chi connectivity index (χ0v) is 16.9. The summed E-state index contributed by atoms with van der Waals surface area (Å²) in [6.45, 7) is 5.85. The number of fused-ring (bicyclic) bond motifs is 1. The highest BCUT2D eigenvalue weighted by Gasteiger charge is 2.21. The Morgan fingerprint density at radius 1 is 0.800 bits per heavy atom. The molecular weight excluding hydrogens is 378 g/mol. The van der Waals surface area contributed by atoms with Gasteiger partial charge in [-0.1, -0.05) is 18.2 Å². The van der Waals surface area contributed by atoms with E-state index >= 15 is 0 Å². The van der Waals surface area contributed by atoms with E-state index < -0.39 is 0 Å². The number of amides is 1. The number of aromatic nitrogens is 1. The third kappa shape index (κ3) is 3.76. The van der Waals surface area contributed by atoms with Gasteiger partial charge in [-0.3, -0.25) is 9.78 Å². The van der Waals surface area contributed by atoms with Gasteiger partial charge in [-0.25, -0.2) is 0 Å². The van der Waals surface area contributed by atoms with Crippen molar-refractivity contribution in [3.05, 3.63) is 60.3 Å². The van der Waals surface area contributed by atoms with Crippen LogP contribution in [-0.2, 0) is 9.47 Å². The van der Waals surface area contributed by atoms with Crippen molar-refractivity contribution >= 4 is 22.5 Å². The topological polar surface area (TPSA) is 54.9 Å². The Labute approximate surface area is 176 Å². The number of carbonyl (C=O) groups is 1. The highest BCUT2D eigenvalue weighted by atomic mass is 16.5. The lowest BCUT2D eigenvalue weighted by Crippen LogP contribution is -2.40. The maximum atomic E-state index is 13.1. The summed E-state index contributed by atoms with van der Waals surface area (Å²) < 4.78 is 10.8. The van der Waals surface area contributed by atoms with E-state index in [-0.39, 0.29) is 5.91 Å². The molecule has 0 spiro atoms. The van der Waals surface area contributed by atoms with Crippen LogP contribution in [0.1, 0.15) is 10.4 Å². The number of hydrogen-bond acceptors (Lipinski definition) is 5. The molecule has 0 radical (unpaired) electrons. The minimum absolute atomic E-state index is 0.0468. The van der Waals surface area contributed by atoms with Gasteiger partial charge in [0.1, 0.15) is 0 Å². The molecule has 154 valence electrons. The van der Waals surface area contributed by atoms with Crippen molar-refractivity contribution in [2.45, 2.75) is 0 Å². The fourth-order valence-electron chi connectivity index (χ4n) is 4.14. The van der Waals surface area contributed by atoms with E-state index in [1.54, 1.807) is 6.20 Å². The lowest BCUT2D eigenvalue weighted by molar-refractivity contribution is 0.0304. The van der Waals surface area contributed by atoms with Gasteiger partial charge < -0.3 is 19.3 Å². The van der Waals surface area contributed by atoms with Crippen LogP contribution in [0.2, 0.25) is 0 Å². The largest absolute Gasteiger partial charge is 0.378 e. The summed E-state index contributed by atoms with van der Waals surface area (Å²) in [5.41, 5.74) is 4.96. The van der Waals surface area contributed by atoms with E-state index in [0.717, 1.165) is 48.3 Å². The van der Waals surface area contributed by atoms with Crippen LogP contribution < -0.4 is 4.90 Å². The van der Waals surface area contributed by atoms with Crippen LogP contribution in [0.4, 0.5) is 5.69 Å². The fraction of sp³-hybridized carbons (Fsp3) is 0.333. The van der Waals surface area contributed by atoms with Crippen molar-refractivity contribution in [2.75, 3.05) is 57.5 Å². The quantitative estimate of drug-likeness (QED) is 0.672. The molecule has 2 aliphatic heterocycles. The predicted octanol–water partition coefficient (Wildman–Crippen LogP) is 3.21. The van der Waals surface area contributed by atoms with Gasteiger partial charge in [0.15, 0.2) is 0 Å². The van der Waals surface area contributed by atoms with Gasteiger partial charge >= 0.3 is 0 Å². The summed E-state index contributed by atoms with van der Waals surface area (Å²) in [5, 5.41) is 0.892. The van der Waals surface area contributed by atoms with Crippen molar-refractivity contribution in [2.24, 2.45) is 0 Å². The first-order valence-electron chi connectivity index (χ1n) is 10.5. The number of carbonyl (C=O) groups excluding carboxylic acids is 1. The molecule has 2 aliphatic rings. The Bertz CT molecular complexity index is 1040. The Hall–Kier alpha value is -2.96. The smallest absolute Gasteiger partial charge is 0.254 e. The summed E-state index contributed by atoms with van der Waals surface area (Å²) in [7, 11) is 0. The molecule has 2 aromatic carbocycles. The van der Waals surface area contributed by atoms with Gasteiger partial charge in [-0.15, -0.1) is 0 Å². The van der Waals surface area contributed by atoms with Crippen molar-refractivity contribution in [1.82, 2.24) is 9.88 Å². The van der Waals surface area contributed by atoms with Crippen LogP contribution in [0.5, 0.6) is 0 Å². The first-order valence-corrected chi connectivity index (χ1v) is 10.5. The lowest BCUT2D eigenvalue weighted by Gasteiger charge is -2.29. The van der Waals surface area contributed by atoms with E-state index in [1.165, 1.54) is 5.69 Å². The molecule has 3 aromatic rings. The number of morpholine rings is 2. The average Bonchev–Trinajstić information content (AvgIpc) is 2.84. The van der Waals surface area contributed by atoms with E-state index in [9.17, 15) is 4.79 Å². The van der Waals surface area contributed by atoms with Crippen molar-refractivity contribution < 1.29 is 14.3 Å². The van der Waals surface area contributed by atoms with Gasteiger partial charge in [0.05, 0.1) is 37.5 Å². The third-order valence-corrected chi connectivity index (χ3v) is 5.85. The highest BCUT2D eigenvalue weighted by Crippen LogP contribution is 2.28. The number of anilines is 1. The molecule has 0 unspecified atom stereocenters. The van der Waals surface area contributed by atoms with Crippen LogP contribution >= 0.6 is 0 Å². The predicted molar refractivity (Wildman–Crippen MR) is 117 cm³/mol. The molecule has 0 atom stereocenters. The maximum absolute atomic E-state index is 13.1. The molecule has 2 fully saturated rings. The highest BCUT2D eigenvalue weighted by molar-refractivity contribution is 6.07. The molecule has 1 aromatic heterocycles. The molecule has 0 bridgehead atoms. The Balaban J connectivity index is 1.46. The van der Waals surface area contributed by atoms with Crippen molar-refractivity contribution in [3.63, 3.8) is 0 Å². The number of hydrogen-bond donors (Lipinski definition) is 0. The van der Waals surface area contributed by atoms with Crippen LogP contribution in [0, 0.1) is 0 Å². The Morgan fingerprint density at radius 2 is 1.47 bits per heavy atom. The number of rotatable bonds is 3. The third-order valence-electron chi connectivity index (χ3n) is 5.85. The maximum Gasteiger partial charge on any atom is 0.254 e. The summed E-state index contributed by atoms with van der Waals surface area (Å²) >= 11 is 0. The minimum atomic E-state index is 0.0468. The number of nitrogens with zero attached hydrogens (tertiary/aromatic N) is 3. The molecule has 0 saturated carbocycles. The van der Waals surface area contributed by atoms with Crippen LogP contribution in [-0.4, -0.2) is 68.4 Å². The monoisotopic (exact) mass is 403 g/mol. The second-order valence-electron chi connectivity index (χ2n) is 7.64. The number of pyridine rings is 1. The number of benzene rings is 2. The molecule has 6 heteroatoms. The molecular formula is C24H25N3O3. The lowest BCUT2D eigenvalue weighted by atomic mass is 10.00. The first kappa shape index (κ1) is 19.0. The van der Waals surface area contributed by atoms with Crippen LogP contribution in [0.25, 0.3) is 22.0 Å². The molecule has 0 aliphatic carbocycles. The molecule has 2 saturated heterocycles. The summed E-state index contributed by atoms with van der Waals surface area (Å²) in [6, 6.07) is 16.6. The summed E-state index contributed by atoms with van der Waals surface area (Å²) in [6.07, 6.45) is 1.72. The van der Waals surface area contributed by atoms with Gasteiger partial charge in [0, 0.05) is 43.4 Å². The summed E-state index contributed by atoms with van der Waals surface area (Å²) in [5.74, 6) is 0.0468. The van der Waals surface area contributed by atoms with Crippen LogP contribution in [0.15, 0.2) is 54.7 Å². The van der Waals surface area contributed by atoms with Crippen LogP contribution in [0.3, 0.4) is 0 Å². The molecule has 6 nitrogen and oxygen atoms in total.